The quantitative estimate of drug-likeness (QED) is 0.653. The standard InChI is InChI=1S/C18H17F3N2O/c1-2-10-23-16-9-8-13(18(19,20)21)11-15(16)22-17(23)12-24-14-6-4-3-5-7-14/h3-9,11H,2,10,12H2,1H3. The minimum Gasteiger partial charge on any atom is -0.486 e. The average molecular weight is 334 g/mol. The second-order valence-corrected chi connectivity index (χ2v) is 5.48. The van der Waals surface area contributed by atoms with Gasteiger partial charge in [0, 0.05) is 6.54 Å². The number of hydrogen-bond donors (Lipinski definition) is 0. The van der Waals surface area contributed by atoms with Crippen LogP contribution >= 0.6 is 0 Å². The lowest BCUT2D eigenvalue weighted by molar-refractivity contribution is -0.137. The summed E-state index contributed by atoms with van der Waals surface area (Å²) in [6.45, 7) is 2.90. The van der Waals surface area contributed by atoms with Gasteiger partial charge in [-0.3, -0.25) is 0 Å². The molecule has 0 atom stereocenters. The van der Waals surface area contributed by atoms with Crippen molar-refractivity contribution >= 4 is 11.0 Å². The Morgan fingerprint density at radius 3 is 2.50 bits per heavy atom. The van der Waals surface area contributed by atoms with Gasteiger partial charge in [0.15, 0.2) is 0 Å². The van der Waals surface area contributed by atoms with E-state index in [9.17, 15) is 13.2 Å². The van der Waals surface area contributed by atoms with E-state index in [1.54, 1.807) is 0 Å². The summed E-state index contributed by atoms with van der Waals surface area (Å²) >= 11 is 0. The van der Waals surface area contributed by atoms with Crippen LogP contribution in [0.3, 0.4) is 0 Å². The van der Waals surface area contributed by atoms with Gasteiger partial charge in [-0.05, 0) is 36.8 Å². The normalized spacial score (nSPS) is 11.8. The first-order chi connectivity index (χ1) is 11.5. The van der Waals surface area contributed by atoms with Crippen LogP contribution in [-0.4, -0.2) is 9.55 Å². The number of aromatic nitrogens is 2. The van der Waals surface area contributed by atoms with Crippen LogP contribution in [0.2, 0.25) is 0 Å². The molecule has 1 aromatic heterocycles. The molecule has 0 fully saturated rings. The third-order valence-corrected chi connectivity index (χ3v) is 3.71. The van der Waals surface area contributed by atoms with Crippen LogP contribution in [0.5, 0.6) is 5.75 Å². The third kappa shape index (κ3) is 3.37. The van der Waals surface area contributed by atoms with Gasteiger partial charge in [0.2, 0.25) is 0 Å². The molecular weight excluding hydrogens is 317 g/mol. The van der Waals surface area contributed by atoms with Crippen molar-refractivity contribution in [2.24, 2.45) is 0 Å². The molecule has 3 nitrogen and oxygen atoms in total. The SMILES string of the molecule is CCCn1c(COc2ccccc2)nc2cc(C(F)(F)F)ccc21. The van der Waals surface area contributed by atoms with Crippen molar-refractivity contribution in [3.8, 4) is 5.75 Å². The van der Waals surface area contributed by atoms with Gasteiger partial charge in [0.25, 0.3) is 0 Å². The lowest BCUT2D eigenvalue weighted by atomic mass is 10.2. The van der Waals surface area contributed by atoms with E-state index >= 15 is 0 Å². The van der Waals surface area contributed by atoms with Crippen molar-refractivity contribution < 1.29 is 17.9 Å². The largest absolute Gasteiger partial charge is 0.486 e. The maximum Gasteiger partial charge on any atom is 0.416 e. The van der Waals surface area contributed by atoms with Gasteiger partial charge in [-0.2, -0.15) is 13.2 Å². The number of fused-ring (bicyclic) bond motifs is 1. The molecular formula is C18H17F3N2O. The van der Waals surface area contributed by atoms with Crippen LogP contribution in [0, 0.1) is 0 Å². The van der Waals surface area contributed by atoms with E-state index in [0.717, 1.165) is 18.6 Å². The zero-order valence-corrected chi connectivity index (χ0v) is 13.2. The van der Waals surface area contributed by atoms with Gasteiger partial charge in [0.05, 0.1) is 16.6 Å². The van der Waals surface area contributed by atoms with Gasteiger partial charge < -0.3 is 9.30 Å². The number of hydrogen-bond acceptors (Lipinski definition) is 2. The monoisotopic (exact) mass is 334 g/mol. The van der Waals surface area contributed by atoms with E-state index < -0.39 is 11.7 Å². The number of halogens is 3. The number of nitrogens with zero attached hydrogens (tertiary/aromatic N) is 2. The van der Waals surface area contributed by atoms with Crippen molar-refractivity contribution in [2.45, 2.75) is 32.7 Å². The number of alkyl halides is 3. The fourth-order valence-corrected chi connectivity index (χ4v) is 2.60. The number of benzene rings is 2. The lowest BCUT2D eigenvalue weighted by Gasteiger charge is -2.10. The molecule has 24 heavy (non-hydrogen) atoms. The molecule has 0 amide bonds. The number of ether oxygens (including phenoxy) is 1. The molecule has 0 saturated carbocycles. The smallest absolute Gasteiger partial charge is 0.416 e. The van der Waals surface area contributed by atoms with Crippen LogP contribution in [0.15, 0.2) is 48.5 Å². The molecule has 0 saturated heterocycles. The van der Waals surface area contributed by atoms with Gasteiger partial charge >= 0.3 is 6.18 Å². The topological polar surface area (TPSA) is 27.1 Å². The highest BCUT2D eigenvalue weighted by atomic mass is 19.4. The van der Waals surface area contributed by atoms with E-state index in [4.69, 9.17) is 4.74 Å². The molecule has 3 rings (SSSR count). The Morgan fingerprint density at radius 2 is 1.83 bits per heavy atom. The molecule has 0 unspecified atom stereocenters. The van der Waals surface area contributed by atoms with Crippen molar-refractivity contribution in [2.75, 3.05) is 0 Å². The highest BCUT2D eigenvalue weighted by Gasteiger charge is 2.31. The summed E-state index contributed by atoms with van der Waals surface area (Å²) in [6.07, 6.45) is -3.52. The van der Waals surface area contributed by atoms with Gasteiger partial charge in [-0.15, -0.1) is 0 Å². The van der Waals surface area contributed by atoms with Crippen molar-refractivity contribution in [3.63, 3.8) is 0 Å². The van der Waals surface area contributed by atoms with Crippen LogP contribution in [-0.2, 0) is 19.3 Å². The second kappa shape index (κ2) is 6.55. The Bertz CT molecular complexity index is 825. The summed E-state index contributed by atoms with van der Waals surface area (Å²) in [5.74, 6) is 1.32. The van der Waals surface area contributed by atoms with E-state index in [2.05, 4.69) is 4.98 Å². The first-order valence-corrected chi connectivity index (χ1v) is 7.73. The minimum atomic E-state index is -4.37. The molecule has 126 valence electrons. The molecule has 3 aromatic rings. The third-order valence-electron chi connectivity index (χ3n) is 3.71. The zero-order valence-electron chi connectivity index (χ0n) is 13.2. The summed E-state index contributed by atoms with van der Waals surface area (Å²) in [5, 5.41) is 0. The number of rotatable bonds is 5. The fraction of sp³-hybridized carbons (Fsp3) is 0.278. The highest BCUT2D eigenvalue weighted by molar-refractivity contribution is 5.77. The van der Waals surface area contributed by atoms with Crippen molar-refractivity contribution in [1.29, 1.82) is 0 Å². The number of aryl methyl sites for hydroxylation is 1. The van der Waals surface area contributed by atoms with Crippen LogP contribution in [0.4, 0.5) is 13.2 Å². The average Bonchev–Trinajstić information content (AvgIpc) is 2.91. The molecule has 0 aliphatic rings. The summed E-state index contributed by atoms with van der Waals surface area (Å²) in [5.41, 5.74) is 0.341. The van der Waals surface area contributed by atoms with Gasteiger partial charge in [-0.25, -0.2) is 4.98 Å². The Kier molecular flexibility index (Phi) is 4.46. The minimum absolute atomic E-state index is 0.208. The van der Waals surface area contributed by atoms with E-state index in [1.165, 1.54) is 6.07 Å². The summed E-state index contributed by atoms with van der Waals surface area (Å²) in [4.78, 5) is 4.36. The highest BCUT2D eigenvalue weighted by Crippen LogP contribution is 2.31. The van der Waals surface area contributed by atoms with E-state index in [-0.39, 0.29) is 6.61 Å². The van der Waals surface area contributed by atoms with E-state index in [1.807, 2.05) is 41.8 Å². The Balaban J connectivity index is 1.95. The molecule has 0 aliphatic heterocycles. The lowest BCUT2D eigenvalue weighted by Crippen LogP contribution is -2.07. The molecule has 1 heterocycles. The van der Waals surface area contributed by atoms with E-state index in [0.29, 0.717) is 29.2 Å². The molecule has 0 radical (unpaired) electrons. The Hall–Kier alpha value is -2.50. The first kappa shape index (κ1) is 16.4. The van der Waals surface area contributed by atoms with Gasteiger partial charge in [-0.1, -0.05) is 25.1 Å². The molecule has 0 N–H and O–H groups in total. The molecule has 0 aliphatic carbocycles. The van der Waals surface area contributed by atoms with Crippen LogP contribution in [0.25, 0.3) is 11.0 Å². The maximum absolute atomic E-state index is 12.9. The molecule has 0 spiro atoms. The van der Waals surface area contributed by atoms with Crippen molar-refractivity contribution in [3.05, 3.63) is 59.9 Å². The molecule has 6 heteroatoms. The van der Waals surface area contributed by atoms with Crippen LogP contribution in [0.1, 0.15) is 24.7 Å². The predicted octanol–water partition coefficient (Wildman–Crippen LogP) is 5.04. The molecule has 0 bridgehead atoms. The summed E-state index contributed by atoms with van der Waals surface area (Å²) in [6, 6.07) is 12.9. The summed E-state index contributed by atoms with van der Waals surface area (Å²) in [7, 11) is 0. The maximum atomic E-state index is 12.9. The fourth-order valence-electron chi connectivity index (χ4n) is 2.60. The van der Waals surface area contributed by atoms with Crippen molar-refractivity contribution in [1.82, 2.24) is 9.55 Å². The Labute approximate surface area is 137 Å². The first-order valence-electron chi connectivity index (χ1n) is 7.73. The second-order valence-electron chi connectivity index (χ2n) is 5.48. The number of para-hydroxylation sites is 1. The van der Waals surface area contributed by atoms with Crippen LogP contribution < -0.4 is 4.74 Å². The van der Waals surface area contributed by atoms with Gasteiger partial charge in [0.1, 0.15) is 18.2 Å². The summed E-state index contributed by atoms with van der Waals surface area (Å²) < 4.78 is 46.3. The number of imidazole rings is 1. The predicted molar refractivity (Wildman–Crippen MR) is 85.8 cm³/mol. The molecule has 2 aromatic carbocycles. The Morgan fingerprint density at radius 1 is 1.08 bits per heavy atom. The zero-order chi connectivity index (χ0) is 17.2.